The van der Waals surface area contributed by atoms with Gasteiger partial charge in [-0.05, 0) is 36.6 Å². The number of halogens is 1. The number of hydrogen-bond donors (Lipinski definition) is 1. The second-order valence-electron chi connectivity index (χ2n) is 4.22. The quantitative estimate of drug-likeness (QED) is 0.749. The fourth-order valence-corrected chi connectivity index (χ4v) is 2.14. The Bertz CT molecular complexity index is 355. The first-order chi connectivity index (χ1) is 8.67. The molecule has 0 aromatic heterocycles. The van der Waals surface area contributed by atoms with Crippen LogP contribution in [0.5, 0.6) is 5.75 Å². The molecule has 1 N–H and O–H groups in total. The summed E-state index contributed by atoms with van der Waals surface area (Å²) in [5.41, 5.74) is 1.01. The lowest BCUT2D eigenvalue weighted by Crippen LogP contribution is -2.14. The maximum Gasteiger partial charge on any atom is 0.122 e. The monoisotopic (exact) mass is 316 g/mol. The molecule has 0 saturated heterocycles. The van der Waals surface area contributed by atoms with Crippen LogP contribution in [0.25, 0.3) is 0 Å². The molecule has 4 heteroatoms. The average Bonchev–Trinajstić information content (AvgIpc) is 2.35. The van der Waals surface area contributed by atoms with Gasteiger partial charge in [-0.3, -0.25) is 0 Å². The van der Waals surface area contributed by atoms with E-state index in [4.69, 9.17) is 9.47 Å². The maximum absolute atomic E-state index is 9.96. The molecule has 1 aromatic carbocycles. The van der Waals surface area contributed by atoms with Crippen molar-refractivity contribution in [2.24, 2.45) is 0 Å². The molecular weight excluding hydrogens is 296 g/mol. The lowest BCUT2D eigenvalue weighted by Gasteiger charge is -2.14. The minimum atomic E-state index is -0.398. The Kier molecular flexibility index (Phi) is 7.32. The highest BCUT2D eigenvalue weighted by Gasteiger charge is 2.10. The summed E-state index contributed by atoms with van der Waals surface area (Å²) >= 11 is 3.43. The first-order valence-corrected chi connectivity index (χ1v) is 7.05. The highest BCUT2D eigenvalue weighted by molar-refractivity contribution is 9.10. The van der Waals surface area contributed by atoms with Crippen LogP contribution in [-0.4, -0.2) is 31.5 Å². The Morgan fingerprint density at radius 1 is 1.33 bits per heavy atom. The predicted octanol–water partition coefficient (Wildman–Crippen LogP) is 3.18. The van der Waals surface area contributed by atoms with Crippen molar-refractivity contribution in [2.75, 3.05) is 20.3 Å². The smallest absolute Gasteiger partial charge is 0.122 e. The standard InChI is InChI=1S/C14H21BrO3/c1-3-7-18-8-6-13(16)10-11-9-12(15)4-5-14(11)17-2/h4-5,9,13,16H,3,6-8,10H2,1-2H3. The van der Waals surface area contributed by atoms with E-state index in [1.807, 2.05) is 18.2 Å². The van der Waals surface area contributed by atoms with Gasteiger partial charge >= 0.3 is 0 Å². The highest BCUT2D eigenvalue weighted by Crippen LogP contribution is 2.24. The van der Waals surface area contributed by atoms with Crippen molar-refractivity contribution in [3.8, 4) is 5.75 Å². The van der Waals surface area contributed by atoms with Crippen LogP contribution in [0.2, 0.25) is 0 Å². The van der Waals surface area contributed by atoms with Crippen molar-refractivity contribution < 1.29 is 14.6 Å². The fourth-order valence-electron chi connectivity index (χ4n) is 1.73. The second kappa shape index (κ2) is 8.51. The van der Waals surface area contributed by atoms with E-state index in [0.717, 1.165) is 28.8 Å². The molecule has 0 aliphatic rings. The SMILES string of the molecule is CCCOCCC(O)Cc1cc(Br)ccc1OC. The molecule has 3 nitrogen and oxygen atoms in total. The van der Waals surface area contributed by atoms with Crippen molar-refractivity contribution in [3.63, 3.8) is 0 Å². The maximum atomic E-state index is 9.96. The summed E-state index contributed by atoms with van der Waals surface area (Å²) in [4.78, 5) is 0. The van der Waals surface area contributed by atoms with Gasteiger partial charge in [0.2, 0.25) is 0 Å². The van der Waals surface area contributed by atoms with Crippen LogP contribution in [0.15, 0.2) is 22.7 Å². The van der Waals surface area contributed by atoms with Gasteiger partial charge in [0.25, 0.3) is 0 Å². The molecule has 0 fully saturated rings. The molecule has 0 saturated carbocycles. The van der Waals surface area contributed by atoms with Crippen LogP contribution < -0.4 is 4.74 Å². The lowest BCUT2D eigenvalue weighted by atomic mass is 10.1. The largest absolute Gasteiger partial charge is 0.496 e. The number of hydrogen-bond acceptors (Lipinski definition) is 3. The summed E-state index contributed by atoms with van der Waals surface area (Å²) in [6, 6.07) is 5.81. The van der Waals surface area contributed by atoms with Crippen LogP contribution in [0.4, 0.5) is 0 Å². The lowest BCUT2D eigenvalue weighted by molar-refractivity contribution is 0.0821. The van der Waals surface area contributed by atoms with Crippen molar-refractivity contribution in [1.82, 2.24) is 0 Å². The van der Waals surface area contributed by atoms with E-state index in [-0.39, 0.29) is 0 Å². The molecule has 102 valence electrons. The number of rotatable bonds is 8. The van der Waals surface area contributed by atoms with Crippen LogP contribution in [0.1, 0.15) is 25.3 Å². The third-order valence-electron chi connectivity index (χ3n) is 2.64. The summed E-state index contributed by atoms with van der Waals surface area (Å²) in [6.45, 7) is 3.43. The first kappa shape index (κ1) is 15.5. The van der Waals surface area contributed by atoms with Gasteiger partial charge in [0.1, 0.15) is 5.75 Å². The molecule has 0 heterocycles. The zero-order chi connectivity index (χ0) is 13.4. The molecule has 0 spiro atoms. The van der Waals surface area contributed by atoms with Gasteiger partial charge in [0.15, 0.2) is 0 Å². The zero-order valence-corrected chi connectivity index (χ0v) is 12.6. The molecule has 1 unspecified atom stereocenters. The van der Waals surface area contributed by atoms with Gasteiger partial charge in [0.05, 0.1) is 13.2 Å². The molecule has 0 amide bonds. The summed E-state index contributed by atoms with van der Waals surface area (Å²) in [7, 11) is 1.64. The Morgan fingerprint density at radius 2 is 2.11 bits per heavy atom. The Balaban J connectivity index is 2.47. The molecule has 1 atom stereocenters. The van der Waals surface area contributed by atoms with Gasteiger partial charge in [-0.15, -0.1) is 0 Å². The highest BCUT2D eigenvalue weighted by atomic mass is 79.9. The third kappa shape index (κ3) is 5.38. The van der Waals surface area contributed by atoms with E-state index in [9.17, 15) is 5.11 Å². The van der Waals surface area contributed by atoms with Crippen molar-refractivity contribution >= 4 is 15.9 Å². The van der Waals surface area contributed by atoms with Crippen LogP contribution >= 0.6 is 15.9 Å². The predicted molar refractivity (Wildman–Crippen MR) is 76.1 cm³/mol. The third-order valence-corrected chi connectivity index (χ3v) is 3.14. The summed E-state index contributed by atoms with van der Waals surface area (Å²) in [5, 5.41) is 9.96. The minimum Gasteiger partial charge on any atom is -0.496 e. The number of aliphatic hydroxyl groups is 1. The minimum absolute atomic E-state index is 0.398. The number of benzene rings is 1. The Labute approximate surface area is 117 Å². The van der Waals surface area contributed by atoms with Gasteiger partial charge in [-0.1, -0.05) is 22.9 Å². The van der Waals surface area contributed by atoms with Gasteiger partial charge in [-0.25, -0.2) is 0 Å². The molecule has 0 radical (unpaired) electrons. The summed E-state index contributed by atoms with van der Waals surface area (Å²) in [6.07, 6.45) is 1.84. The van der Waals surface area contributed by atoms with Crippen LogP contribution in [-0.2, 0) is 11.2 Å². The summed E-state index contributed by atoms with van der Waals surface area (Å²) in [5.74, 6) is 0.812. The van der Waals surface area contributed by atoms with Crippen molar-refractivity contribution in [3.05, 3.63) is 28.2 Å². The van der Waals surface area contributed by atoms with Gasteiger partial charge < -0.3 is 14.6 Å². The number of methoxy groups -OCH3 is 1. The normalized spacial score (nSPS) is 12.4. The van der Waals surface area contributed by atoms with Gasteiger partial charge in [-0.2, -0.15) is 0 Å². The van der Waals surface area contributed by atoms with E-state index in [1.54, 1.807) is 7.11 Å². The van der Waals surface area contributed by atoms with Crippen molar-refractivity contribution in [2.45, 2.75) is 32.3 Å². The second-order valence-corrected chi connectivity index (χ2v) is 5.13. The molecule has 0 aliphatic carbocycles. The van der Waals surface area contributed by atoms with Crippen molar-refractivity contribution in [1.29, 1.82) is 0 Å². The van der Waals surface area contributed by atoms with Crippen LogP contribution in [0, 0.1) is 0 Å². The summed E-state index contributed by atoms with van der Waals surface area (Å²) < 4.78 is 11.6. The molecule has 0 aliphatic heterocycles. The Morgan fingerprint density at radius 3 is 2.78 bits per heavy atom. The molecule has 1 aromatic rings. The van der Waals surface area contributed by atoms with Gasteiger partial charge in [0, 0.05) is 24.1 Å². The van der Waals surface area contributed by atoms with E-state index in [0.29, 0.717) is 19.4 Å². The van der Waals surface area contributed by atoms with E-state index in [2.05, 4.69) is 22.9 Å². The molecule has 0 bridgehead atoms. The number of ether oxygens (including phenoxy) is 2. The molecular formula is C14H21BrO3. The van der Waals surface area contributed by atoms with E-state index >= 15 is 0 Å². The van der Waals surface area contributed by atoms with Crippen LogP contribution in [0.3, 0.4) is 0 Å². The molecule has 18 heavy (non-hydrogen) atoms. The number of aliphatic hydroxyl groups excluding tert-OH is 1. The Hall–Kier alpha value is -0.580. The van der Waals surface area contributed by atoms with E-state index < -0.39 is 6.10 Å². The molecule has 1 rings (SSSR count). The topological polar surface area (TPSA) is 38.7 Å². The average molecular weight is 317 g/mol. The van der Waals surface area contributed by atoms with E-state index in [1.165, 1.54) is 0 Å². The first-order valence-electron chi connectivity index (χ1n) is 6.25. The zero-order valence-electron chi connectivity index (χ0n) is 11.0. The fraction of sp³-hybridized carbons (Fsp3) is 0.571.